The number of methoxy groups -OCH3 is 1. The number of fused-ring (bicyclic) bond motifs is 1. The topological polar surface area (TPSA) is 129 Å². The molecule has 1 amide bonds. The Kier molecular flexibility index (Phi) is 7.65. The van der Waals surface area contributed by atoms with Crippen molar-refractivity contribution < 1.29 is 27.5 Å². The van der Waals surface area contributed by atoms with Gasteiger partial charge in [0.2, 0.25) is 10.0 Å². The highest BCUT2D eigenvalue weighted by molar-refractivity contribution is 7.88. The van der Waals surface area contributed by atoms with Crippen LogP contribution in [0.2, 0.25) is 0 Å². The minimum absolute atomic E-state index is 0.110. The summed E-state index contributed by atoms with van der Waals surface area (Å²) >= 11 is 0. The molecule has 1 aliphatic heterocycles. The van der Waals surface area contributed by atoms with Crippen LogP contribution in [0.1, 0.15) is 39.3 Å². The lowest BCUT2D eigenvalue weighted by molar-refractivity contribution is 0.0517. The zero-order valence-electron chi connectivity index (χ0n) is 23.1. The van der Waals surface area contributed by atoms with Crippen molar-refractivity contribution in [1.82, 2.24) is 23.6 Å². The molecule has 2 aromatic heterocycles. The fraction of sp³-hybridized carbons (Fsp3) is 0.286. The highest BCUT2D eigenvalue weighted by Crippen LogP contribution is 2.30. The zero-order valence-corrected chi connectivity index (χ0v) is 24.0. The molecule has 12 nitrogen and oxygen atoms in total. The number of aromatic nitrogens is 4. The van der Waals surface area contributed by atoms with E-state index < -0.39 is 16.0 Å². The predicted octanol–water partition coefficient (Wildman–Crippen LogP) is 2.84. The predicted molar refractivity (Wildman–Crippen MR) is 151 cm³/mol. The van der Waals surface area contributed by atoms with Crippen LogP contribution >= 0.6 is 0 Å². The first kappa shape index (κ1) is 28.1. The molecule has 41 heavy (non-hydrogen) atoms. The molecule has 0 radical (unpaired) electrons. The number of hydrogen-bond acceptors (Lipinski definition) is 8. The van der Waals surface area contributed by atoms with Crippen LogP contribution in [0.25, 0.3) is 11.4 Å². The number of rotatable bonds is 9. The number of anilines is 1. The van der Waals surface area contributed by atoms with Crippen LogP contribution in [0.3, 0.4) is 0 Å². The first-order valence-corrected chi connectivity index (χ1v) is 14.8. The fourth-order valence-electron chi connectivity index (χ4n) is 4.68. The van der Waals surface area contributed by atoms with E-state index in [1.54, 1.807) is 60.2 Å². The first-order valence-electron chi connectivity index (χ1n) is 12.9. The molecule has 4 aromatic rings. The summed E-state index contributed by atoms with van der Waals surface area (Å²) in [6.07, 6.45) is 4.92. The third kappa shape index (κ3) is 5.45. The Morgan fingerprint density at radius 2 is 1.71 bits per heavy atom. The molecule has 0 fully saturated rings. The number of carbonyl (C=O) groups excluding carboxylic acids is 2. The molecule has 0 saturated carbocycles. The summed E-state index contributed by atoms with van der Waals surface area (Å²) in [5.41, 5.74) is 3.02. The second-order valence-electron chi connectivity index (χ2n) is 9.46. The van der Waals surface area contributed by atoms with Gasteiger partial charge in [0, 0.05) is 42.9 Å². The minimum Gasteiger partial charge on any atom is -0.497 e. The summed E-state index contributed by atoms with van der Waals surface area (Å²) in [7, 11) is -0.305. The maximum atomic E-state index is 13.9. The standard InChI is InChI=1S/C28H30N6O6S/c1-5-40-28(36)25-23-14-16-33(27(35)26(23)34(30-25)21-10-12-22(39-3)13-11-21)20-8-6-19(7-9-20)32-17-15-29-24(32)18-31(2)41(4,37)38/h6-13,15,17H,5,14,16,18H2,1-4H3. The number of amides is 1. The normalized spacial score (nSPS) is 13.4. The number of imidazole rings is 1. The molecule has 0 saturated heterocycles. The van der Waals surface area contributed by atoms with Crippen LogP contribution in [0.15, 0.2) is 60.9 Å². The van der Waals surface area contributed by atoms with Crippen LogP contribution in [-0.2, 0) is 27.7 Å². The largest absolute Gasteiger partial charge is 0.497 e. The molecule has 0 atom stereocenters. The van der Waals surface area contributed by atoms with E-state index in [4.69, 9.17) is 9.47 Å². The highest BCUT2D eigenvalue weighted by atomic mass is 32.2. The average Bonchev–Trinajstić information content (AvgIpc) is 3.58. The number of hydrogen-bond donors (Lipinski definition) is 0. The number of nitrogens with zero attached hydrogens (tertiary/aromatic N) is 6. The van der Waals surface area contributed by atoms with Crippen molar-refractivity contribution in [2.45, 2.75) is 19.9 Å². The Hall–Kier alpha value is -4.49. The molecule has 0 N–H and O–H groups in total. The third-order valence-electron chi connectivity index (χ3n) is 6.89. The van der Waals surface area contributed by atoms with Crippen molar-refractivity contribution in [3.8, 4) is 17.1 Å². The van der Waals surface area contributed by atoms with Gasteiger partial charge in [0.05, 0.1) is 32.2 Å². The SMILES string of the molecule is CCOC(=O)c1nn(-c2ccc(OC)cc2)c2c1CCN(c1ccc(-n3ccnc3CN(C)S(C)(=O)=O)cc1)C2=O. The Morgan fingerprint density at radius 1 is 1.05 bits per heavy atom. The van der Waals surface area contributed by atoms with Gasteiger partial charge >= 0.3 is 5.97 Å². The third-order valence-corrected chi connectivity index (χ3v) is 8.15. The monoisotopic (exact) mass is 578 g/mol. The Morgan fingerprint density at radius 3 is 2.34 bits per heavy atom. The van der Waals surface area contributed by atoms with Gasteiger partial charge in [-0.15, -0.1) is 0 Å². The molecule has 1 aliphatic rings. The number of benzene rings is 2. The van der Waals surface area contributed by atoms with Gasteiger partial charge in [-0.25, -0.2) is 22.9 Å². The van der Waals surface area contributed by atoms with Crippen LogP contribution in [0.4, 0.5) is 5.69 Å². The Bertz CT molecular complexity index is 1690. The van der Waals surface area contributed by atoms with Crippen LogP contribution in [0.5, 0.6) is 5.75 Å². The van der Waals surface area contributed by atoms with E-state index in [0.29, 0.717) is 47.2 Å². The molecular weight excluding hydrogens is 548 g/mol. The molecule has 3 heterocycles. The molecule has 2 aromatic carbocycles. The molecule has 214 valence electrons. The number of carbonyl (C=O) groups is 2. The van der Waals surface area contributed by atoms with Gasteiger partial charge in [0.25, 0.3) is 5.91 Å². The van der Waals surface area contributed by atoms with Crippen LogP contribution < -0.4 is 9.64 Å². The van der Waals surface area contributed by atoms with Crippen molar-refractivity contribution >= 4 is 27.6 Å². The molecular formula is C28H30N6O6S. The Labute approximate surface area is 237 Å². The summed E-state index contributed by atoms with van der Waals surface area (Å²) in [5.74, 6) is 0.340. The summed E-state index contributed by atoms with van der Waals surface area (Å²) < 4.78 is 38.7. The molecule has 0 unspecified atom stereocenters. The van der Waals surface area contributed by atoms with E-state index in [2.05, 4.69) is 10.1 Å². The number of sulfonamides is 1. The zero-order chi connectivity index (χ0) is 29.3. The fourth-order valence-corrected chi connectivity index (χ4v) is 5.03. The van der Waals surface area contributed by atoms with Crippen LogP contribution in [0, 0.1) is 0 Å². The Balaban J connectivity index is 1.47. The lowest BCUT2D eigenvalue weighted by Crippen LogP contribution is -2.39. The second kappa shape index (κ2) is 11.2. The summed E-state index contributed by atoms with van der Waals surface area (Å²) in [6.45, 7) is 2.37. The van der Waals surface area contributed by atoms with E-state index in [9.17, 15) is 18.0 Å². The van der Waals surface area contributed by atoms with Gasteiger partial charge in [-0.3, -0.25) is 4.79 Å². The molecule has 0 bridgehead atoms. The van der Waals surface area contributed by atoms with Gasteiger partial charge < -0.3 is 18.9 Å². The van der Waals surface area contributed by atoms with Gasteiger partial charge in [-0.2, -0.15) is 9.40 Å². The summed E-state index contributed by atoms with van der Waals surface area (Å²) in [5, 5.41) is 4.51. The van der Waals surface area contributed by atoms with E-state index in [1.807, 2.05) is 24.3 Å². The quantitative estimate of drug-likeness (QED) is 0.277. The lowest BCUT2D eigenvalue weighted by atomic mass is 10.0. The lowest BCUT2D eigenvalue weighted by Gasteiger charge is -2.28. The van der Waals surface area contributed by atoms with Gasteiger partial charge in [0.15, 0.2) is 5.69 Å². The van der Waals surface area contributed by atoms with E-state index in [1.165, 1.54) is 16.0 Å². The minimum atomic E-state index is -3.37. The smallest absolute Gasteiger partial charge is 0.359 e. The summed E-state index contributed by atoms with van der Waals surface area (Å²) in [6, 6.07) is 14.4. The van der Waals surface area contributed by atoms with E-state index in [-0.39, 0.29) is 24.8 Å². The van der Waals surface area contributed by atoms with Crippen molar-refractivity contribution in [1.29, 1.82) is 0 Å². The van der Waals surface area contributed by atoms with Crippen LogP contribution in [-0.4, -0.2) is 77.5 Å². The summed E-state index contributed by atoms with van der Waals surface area (Å²) in [4.78, 5) is 32.6. The molecule has 0 spiro atoms. The molecule has 5 rings (SSSR count). The highest BCUT2D eigenvalue weighted by Gasteiger charge is 2.35. The van der Waals surface area contributed by atoms with E-state index >= 15 is 0 Å². The first-order chi connectivity index (χ1) is 19.6. The maximum Gasteiger partial charge on any atom is 0.359 e. The van der Waals surface area contributed by atoms with Gasteiger partial charge in [0.1, 0.15) is 17.3 Å². The number of ether oxygens (including phenoxy) is 2. The van der Waals surface area contributed by atoms with E-state index in [0.717, 1.165) is 11.9 Å². The second-order valence-corrected chi connectivity index (χ2v) is 11.6. The van der Waals surface area contributed by atoms with Crippen molar-refractivity contribution in [3.05, 3.63) is 83.7 Å². The van der Waals surface area contributed by atoms with Crippen molar-refractivity contribution in [2.24, 2.45) is 0 Å². The van der Waals surface area contributed by atoms with Crippen molar-refractivity contribution in [2.75, 3.05) is 38.5 Å². The number of esters is 1. The van der Waals surface area contributed by atoms with Crippen molar-refractivity contribution in [3.63, 3.8) is 0 Å². The maximum absolute atomic E-state index is 13.9. The molecule has 13 heteroatoms. The average molecular weight is 579 g/mol. The van der Waals surface area contributed by atoms with Gasteiger partial charge in [-0.1, -0.05) is 0 Å². The molecule has 0 aliphatic carbocycles. The van der Waals surface area contributed by atoms with Gasteiger partial charge in [-0.05, 0) is 61.9 Å².